The molecule has 0 bridgehead atoms. The molecule has 8 heteroatoms. The van der Waals surface area contributed by atoms with Gasteiger partial charge < -0.3 is 14.8 Å². The first-order valence-electron chi connectivity index (χ1n) is 7.04. The molecule has 1 N–H and O–H groups in total. The van der Waals surface area contributed by atoms with Crippen molar-refractivity contribution in [3.05, 3.63) is 51.4 Å². The highest BCUT2D eigenvalue weighted by molar-refractivity contribution is 7.15. The number of thiazole rings is 1. The van der Waals surface area contributed by atoms with Crippen LogP contribution in [0.15, 0.2) is 34.6 Å². The number of benzene rings is 1. The maximum atomic E-state index is 12.5. The fourth-order valence-electron chi connectivity index (χ4n) is 2.28. The molecule has 0 aliphatic heterocycles. The number of carbonyl (C=O) groups excluding carboxylic acids is 1. The lowest BCUT2D eigenvalue weighted by Gasteiger charge is -2.11. The zero-order valence-corrected chi connectivity index (χ0v) is 14.1. The number of rotatable bonds is 4. The third kappa shape index (κ3) is 2.71. The van der Waals surface area contributed by atoms with Crippen molar-refractivity contribution < 1.29 is 14.3 Å². The smallest absolute Gasteiger partial charge is 0.271 e. The van der Waals surface area contributed by atoms with Crippen LogP contribution in [-0.2, 0) is 0 Å². The molecular weight excluding hydrogens is 330 g/mol. The summed E-state index contributed by atoms with van der Waals surface area (Å²) in [6.07, 6.45) is 1.29. The Morgan fingerprint density at radius 1 is 1.29 bits per heavy atom. The molecule has 0 fully saturated rings. The van der Waals surface area contributed by atoms with E-state index in [0.717, 1.165) is 5.69 Å². The molecule has 0 atom stereocenters. The lowest BCUT2D eigenvalue weighted by molar-refractivity contribution is 0.102. The van der Waals surface area contributed by atoms with Gasteiger partial charge in [-0.2, -0.15) is 0 Å². The lowest BCUT2D eigenvalue weighted by Crippen LogP contribution is -2.26. The van der Waals surface area contributed by atoms with Crippen molar-refractivity contribution in [2.24, 2.45) is 0 Å². The van der Waals surface area contributed by atoms with Crippen LogP contribution in [-0.4, -0.2) is 29.5 Å². The number of fused-ring (bicyclic) bond motifs is 1. The zero-order valence-electron chi connectivity index (χ0n) is 13.3. The summed E-state index contributed by atoms with van der Waals surface area (Å²) in [5.74, 6) is 0.467. The molecule has 3 rings (SSSR count). The van der Waals surface area contributed by atoms with Crippen molar-refractivity contribution in [3.63, 3.8) is 0 Å². The van der Waals surface area contributed by atoms with Gasteiger partial charge in [-0.15, -0.1) is 11.3 Å². The van der Waals surface area contributed by atoms with Crippen LogP contribution in [0.3, 0.4) is 0 Å². The minimum Gasteiger partial charge on any atom is -0.497 e. The predicted molar refractivity (Wildman–Crippen MR) is 91.6 cm³/mol. The van der Waals surface area contributed by atoms with Crippen molar-refractivity contribution in [1.29, 1.82) is 0 Å². The first-order valence-corrected chi connectivity index (χ1v) is 7.92. The molecule has 0 spiro atoms. The molecule has 2 heterocycles. The van der Waals surface area contributed by atoms with Crippen LogP contribution in [0.4, 0.5) is 5.69 Å². The van der Waals surface area contributed by atoms with Crippen molar-refractivity contribution in [2.45, 2.75) is 6.92 Å². The molecule has 1 amide bonds. The Labute approximate surface area is 141 Å². The number of hydrogen-bond donors (Lipinski definition) is 1. The molecule has 7 nitrogen and oxygen atoms in total. The van der Waals surface area contributed by atoms with Gasteiger partial charge in [0, 0.05) is 23.3 Å². The Morgan fingerprint density at radius 3 is 2.79 bits per heavy atom. The first kappa shape index (κ1) is 16.0. The molecule has 124 valence electrons. The van der Waals surface area contributed by atoms with E-state index < -0.39 is 11.5 Å². The van der Waals surface area contributed by atoms with Crippen molar-refractivity contribution >= 4 is 27.9 Å². The largest absolute Gasteiger partial charge is 0.497 e. The van der Waals surface area contributed by atoms with Gasteiger partial charge in [0.15, 0.2) is 4.96 Å². The van der Waals surface area contributed by atoms with Crippen LogP contribution in [0.2, 0.25) is 0 Å². The molecule has 0 radical (unpaired) electrons. The van der Waals surface area contributed by atoms with Crippen LogP contribution >= 0.6 is 11.3 Å². The highest BCUT2D eigenvalue weighted by Crippen LogP contribution is 2.29. The van der Waals surface area contributed by atoms with Gasteiger partial charge in [-0.05, 0) is 19.1 Å². The molecule has 24 heavy (non-hydrogen) atoms. The van der Waals surface area contributed by atoms with Crippen molar-refractivity contribution in [3.8, 4) is 11.5 Å². The Bertz CT molecular complexity index is 977. The number of methoxy groups -OCH3 is 2. The highest BCUT2D eigenvalue weighted by Gasteiger charge is 2.17. The Kier molecular flexibility index (Phi) is 4.22. The average Bonchev–Trinajstić information content (AvgIpc) is 2.97. The van der Waals surface area contributed by atoms with E-state index in [1.54, 1.807) is 25.1 Å². The van der Waals surface area contributed by atoms with Gasteiger partial charge in [-0.25, -0.2) is 4.98 Å². The molecule has 1 aromatic carbocycles. The van der Waals surface area contributed by atoms with Gasteiger partial charge in [0.05, 0.1) is 19.9 Å². The van der Waals surface area contributed by atoms with E-state index in [1.165, 1.54) is 36.2 Å². The fourth-order valence-corrected chi connectivity index (χ4v) is 3.11. The van der Waals surface area contributed by atoms with E-state index in [4.69, 9.17) is 9.47 Å². The summed E-state index contributed by atoms with van der Waals surface area (Å²) in [5, 5.41) is 4.49. The lowest BCUT2D eigenvalue weighted by atomic mass is 10.2. The summed E-state index contributed by atoms with van der Waals surface area (Å²) in [6.45, 7) is 1.79. The molecule has 0 saturated heterocycles. The van der Waals surface area contributed by atoms with E-state index >= 15 is 0 Å². The fraction of sp³-hybridized carbons (Fsp3) is 0.188. The second-order valence-corrected chi connectivity index (χ2v) is 5.83. The predicted octanol–water partition coefficient (Wildman–Crippen LogP) is 2.33. The minimum atomic E-state index is -0.556. The molecule has 0 saturated carbocycles. The maximum absolute atomic E-state index is 12.5. The second kappa shape index (κ2) is 6.32. The van der Waals surface area contributed by atoms with Crippen LogP contribution in [0.1, 0.15) is 16.1 Å². The average molecular weight is 345 g/mol. The highest BCUT2D eigenvalue weighted by atomic mass is 32.1. The summed E-state index contributed by atoms with van der Waals surface area (Å²) in [6, 6.07) is 5.01. The number of hydrogen-bond acceptors (Lipinski definition) is 6. The number of amides is 1. The minimum absolute atomic E-state index is 0.0427. The SMILES string of the molecule is COc1ccc(OC)c(NC(=O)c2cnc3scc(C)n3c2=O)c1. The van der Waals surface area contributed by atoms with Crippen LogP contribution in [0.5, 0.6) is 11.5 Å². The number of nitrogens with one attached hydrogen (secondary N) is 1. The number of carbonyl (C=O) groups is 1. The summed E-state index contributed by atoms with van der Waals surface area (Å²) < 4.78 is 11.8. The number of aryl methyl sites for hydroxylation is 1. The van der Waals surface area contributed by atoms with Gasteiger partial charge in [-0.3, -0.25) is 14.0 Å². The van der Waals surface area contributed by atoms with Crippen molar-refractivity contribution in [1.82, 2.24) is 9.38 Å². The number of ether oxygens (including phenoxy) is 2. The van der Waals surface area contributed by atoms with Gasteiger partial charge >= 0.3 is 0 Å². The van der Waals surface area contributed by atoms with Crippen LogP contribution in [0.25, 0.3) is 4.96 Å². The molecule has 0 aliphatic rings. The molecular formula is C16H15N3O4S. The maximum Gasteiger partial charge on any atom is 0.271 e. The van der Waals surface area contributed by atoms with E-state index in [9.17, 15) is 9.59 Å². The monoisotopic (exact) mass is 345 g/mol. The summed E-state index contributed by atoms with van der Waals surface area (Å²) >= 11 is 1.35. The molecule has 0 aliphatic carbocycles. The standard InChI is InChI=1S/C16H15N3O4S/c1-9-8-24-16-17-7-11(15(21)19(9)16)14(20)18-12-6-10(22-2)4-5-13(12)23-3/h4-8H,1-3H3,(H,18,20). The van der Waals surface area contributed by atoms with Crippen LogP contribution in [0, 0.1) is 6.92 Å². The second-order valence-electron chi connectivity index (χ2n) is 4.99. The third-order valence-corrected chi connectivity index (χ3v) is 4.47. The van der Waals surface area contributed by atoms with Crippen molar-refractivity contribution in [2.75, 3.05) is 19.5 Å². The molecule has 3 aromatic rings. The first-order chi connectivity index (χ1) is 11.5. The number of anilines is 1. The summed E-state index contributed by atoms with van der Waals surface area (Å²) in [4.78, 5) is 29.8. The van der Waals surface area contributed by atoms with E-state index in [-0.39, 0.29) is 5.56 Å². The van der Waals surface area contributed by atoms with Crippen LogP contribution < -0.4 is 20.3 Å². The zero-order chi connectivity index (χ0) is 17.3. The topological polar surface area (TPSA) is 81.9 Å². The third-order valence-electron chi connectivity index (χ3n) is 3.52. The number of aromatic nitrogens is 2. The summed E-state index contributed by atoms with van der Waals surface area (Å²) in [7, 11) is 3.02. The Balaban J connectivity index is 2.00. The van der Waals surface area contributed by atoms with Gasteiger partial charge in [0.1, 0.15) is 17.1 Å². The van der Waals surface area contributed by atoms with E-state index in [2.05, 4.69) is 10.3 Å². The van der Waals surface area contributed by atoms with Gasteiger partial charge in [-0.1, -0.05) is 0 Å². The van der Waals surface area contributed by atoms with E-state index in [0.29, 0.717) is 22.1 Å². The molecule has 2 aromatic heterocycles. The summed E-state index contributed by atoms with van der Waals surface area (Å²) in [5.41, 5.74) is 0.700. The Morgan fingerprint density at radius 2 is 2.08 bits per heavy atom. The Hall–Kier alpha value is -2.87. The molecule has 0 unspecified atom stereocenters. The number of nitrogens with zero attached hydrogens (tertiary/aromatic N) is 2. The van der Waals surface area contributed by atoms with Gasteiger partial charge in [0.25, 0.3) is 11.5 Å². The quantitative estimate of drug-likeness (QED) is 0.785. The normalized spacial score (nSPS) is 10.6. The van der Waals surface area contributed by atoms with Gasteiger partial charge in [0.2, 0.25) is 0 Å². The van der Waals surface area contributed by atoms with E-state index in [1.807, 2.05) is 5.38 Å².